The van der Waals surface area contributed by atoms with Gasteiger partial charge in [-0.1, -0.05) is 0 Å². The molecule has 19 heavy (non-hydrogen) atoms. The van der Waals surface area contributed by atoms with E-state index in [4.69, 9.17) is 16.2 Å². The number of halogens is 1. The maximum Gasteiger partial charge on any atom is 0.232 e. The lowest BCUT2D eigenvalue weighted by Crippen LogP contribution is -2.50. The number of amidine groups is 1. The van der Waals surface area contributed by atoms with Gasteiger partial charge in [0.1, 0.15) is 11.5 Å². The van der Waals surface area contributed by atoms with Crippen molar-refractivity contribution in [1.29, 1.82) is 5.41 Å². The summed E-state index contributed by atoms with van der Waals surface area (Å²) in [5, 5.41) is 29.1. The highest BCUT2D eigenvalue weighted by Crippen LogP contribution is 2.37. The van der Waals surface area contributed by atoms with Gasteiger partial charge in [-0.3, -0.25) is 5.41 Å². The van der Waals surface area contributed by atoms with Crippen LogP contribution >= 0.6 is 0 Å². The quantitative estimate of drug-likeness (QED) is 0.360. The normalized spacial score (nSPS) is 25.7. The molecule has 0 radical (unpaired) electrons. The van der Waals surface area contributed by atoms with Crippen LogP contribution < -0.4 is 11.1 Å². The van der Waals surface area contributed by atoms with Crippen molar-refractivity contribution in [2.24, 2.45) is 11.7 Å². The van der Waals surface area contributed by atoms with E-state index in [1.807, 2.05) is 0 Å². The predicted octanol–water partition coefficient (Wildman–Crippen LogP) is -0.555. The van der Waals surface area contributed by atoms with E-state index in [2.05, 4.69) is 15.3 Å². The Labute approximate surface area is 109 Å². The fourth-order valence-electron chi connectivity index (χ4n) is 2.22. The molecule has 0 atom stereocenters. The molecule has 0 amide bonds. The van der Waals surface area contributed by atoms with E-state index in [0.717, 1.165) is 6.20 Å². The average molecular weight is 269 g/mol. The van der Waals surface area contributed by atoms with Gasteiger partial charge in [-0.15, -0.1) is 0 Å². The summed E-state index contributed by atoms with van der Waals surface area (Å²) in [6, 6.07) is 0. The van der Waals surface area contributed by atoms with E-state index in [-0.39, 0.29) is 30.6 Å². The van der Waals surface area contributed by atoms with Crippen LogP contribution in [0.15, 0.2) is 6.20 Å². The molecule has 7 nitrogen and oxygen atoms in total. The van der Waals surface area contributed by atoms with E-state index in [0.29, 0.717) is 12.8 Å². The van der Waals surface area contributed by atoms with Crippen molar-refractivity contribution in [2.75, 3.05) is 18.5 Å². The predicted molar refractivity (Wildman–Crippen MR) is 66.3 cm³/mol. The second-order valence-corrected chi connectivity index (χ2v) is 4.84. The first kappa shape index (κ1) is 13.6. The van der Waals surface area contributed by atoms with Crippen LogP contribution in [0, 0.1) is 17.3 Å². The number of anilines is 1. The Morgan fingerprint density at radius 3 is 2.89 bits per heavy atom. The van der Waals surface area contributed by atoms with Crippen LogP contribution in [-0.2, 0) is 0 Å². The number of aliphatic hydroxyl groups excluding tert-OH is 1. The summed E-state index contributed by atoms with van der Waals surface area (Å²) < 4.78 is 12.9. The second kappa shape index (κ2) is 5.06. The zero-order chi connectivity index (χ0) is 14.0. The molecular weight excluding hydrogens is 253 g/mol. The van der Waals surface area contributed by atoms with Gasteiger partial charge in [0.05, 0.1) is 11.8 Å². The molecule has 1 aliphatic carbocycles. The molecule has 1 aromatic rings. The topological polar surface area (TPSA) is 128 Å². The van der Waals surface area contributed by atoms with Gasteiger partial charge in [0.25, 0.3) is 0 Å². The Hall–Kier alpha value is -1.80. The number of nitrogens with two attached hydrogens (primary N) is 1. The first-order valence-electron chi connectivity index (χ1n) is 5.87. The number of aromatic nitrogens is 2. The monoisotopic (exact) mass is 269 g/mol. The van der Waals surface area contributed by atoms with Crippen molar-refractivity contribution in [3.8, 4) is 0 Å². The largest absolute Gasteiger partial charge is 0.396 e. The molecule has 1 fully saturated rings. The highest BCUT2D eigenvalue weighted by Gasteiger charge is 2.42. The van der Waals surface area contributed by atoms with E-state index in [1.54, 1.807) is 0 Å². The number of rotatable bonds is 5. The maximum atomic E-state index is 12.9. The fraction of sp³-hybridized carbons (Fsp3) is 0.545. The Morgan fingerprint density at radius 1 is 1.63 bits per heavy atom. The first-order chi connectivity index (χ1) is 8.93. The maximum absolute atomic E-state index is 12.9. The van der Waals surface area contributed by atoms with Crippen LogP contribution in [0.5, 0.6) is 0 Å². The lowest BCUT2D eigenvalue weighted by Gasteiger charge is -2.43. The summed E-state index contributed by atoms with van der Waals surface area (Å²) in [5.41, 5.74) is 4.29. The molecule has 104 valence electrons. The lowest BCUT2D eigenvalue weighted by atomic mass is 9.71. The first-order valence-corrected chi connectivity index (χ1v) is 5.87. The number of hydrogen-bond acceptors (Lipinski definition) is 6. The molecule has 0 aromatic carbocycles. The van der Waals surface area contributed by atoms with E-state index in [9.17, 15) is 9.50 Å². The minimum absolute atomic E-state index is 0.0529. The van der Waals surface area contributed by atoms with Crippen LogP contribution in [0.1, 0.15) is 18.5 Å². The molecule has 8 heteroatoms. The van der Waals surface area contributed by atoms with E-state index >= 15 is 0 Å². The van der Waals surface area contributed by atoms with Crippen molar-refractivity contribution >= 4 is 11.7 Å². The second-order valence-electron chi connectivity index (χ2n) is 4.84. The number of nitrogens with zero attached hydrogens (tertiary/aromatic N) is 2. The summed E-state index contributed by atoms with van der Waals surface area (Å²) in [6.07, 6.45) is 1.89. The van der Waals surface area contributed by atoms with Gasteiger partial charge in [0.15, 0.2) is 5.82 Å². The van der Waals surface area contributed by atoms with Crippen LogP contribution in [0.25, 0.3) is 0 Å². The molecule has 0 bridgehead atoms. The minimum atomic E-state index is -0.919. The van der Waals surface area contributed by atoms with Gasteiger partial charge >= 0.3 is 0 Å². The molecule has 1 aliphatic rings. The van der Waals surface area contributed by atoms with Gasteiger partial charge in [-0.25, -0.2) is 9.97 Å². The van der Waals surface area contributed by atoms with Gasteiger partial charge in [0.2, 0.25) is 5.95 Å². The van der Waals surface area contributed by atoms with Crippen LogP contribution in [0.4, 0.5) is 10.2 Å². The van der Waals surface area contributed by atoms with E-state index < -0.39 is 17.4 Å². The summed E-state index contributed by atoms with van der Waals surface area (Å²) in [6.45, 7) is 0.238. The number of nitrogen functional groups attached to an aromatic ring is 1. The summed E-state index contributed by atoms with van der Waals surface area (Å²) in [7, 11) is 0. The zero-order valence-electron chi connectivity index (χ0n) is 10.2. The Morgan fingerprint density at radius 2 is 2.32 bits per heavy atom. The molecular formula is C11H16FN5O2. The Balaban J connectivity index is 2.02. The van der Waals surface area contributed by atoms with Crippen molar-refractivity contribution in [2.45, 2.75) is 18.4 Å². The minimum Gasteiger partial charge on any atom is -0.396 e. The highest BCUT2D eigenvalue weighted by molar-refractivity contribution is 5.97. The highest BCUT2D eigenvalue weighted by atomic mass is 19.1. The molecule has 6 N–H and O–H groups in total. The smallest absolute Gasteiger partial charge is 0.232 e. The molecule has 1 aromatic heterocycles. The third-order valence-electron chi connectivity index (χ3n) is 3.18. The third kappa shape index (κ3) is 2.96. The number of nitrogens with one attached hydrogen (secondary N) is 2. The summed E-state index contributed by atoms with van der Waals surface area (Å²) in [4.78, 5) is 7.26. The van der Waals surface area contributed by atoms with Gasteiger partial charge in [-0.05, 0) is 18.8 Å². The van der Waals surface area contributed by atoms with Crippen LogP contribution in [-0.4, -0.2) is 44.8 Å². The molecule has 2 rings (SSSR count). The summed E-state index contributed by atoms with van der Waals surface area (Å²) >= 11 is 0. The lowest BCUT2D eigenvalue weighted by molar-refractivity contribution is -0.0764. The van der Waals surface area contributed by atoms with Gasteiger partial charge in [-0.2, -0.15) is 4.39 Å². The zero-order valence-corrected chi connectivity index (χ0v) is 10.2. The number of aliphatic hydroxyl groups is 2. The van der Waals surface area contributed by atoms with Crippen LogP contribution in [0.2, 0.25) is 0 Å². The Bertz CT molecular complexity index is 490. The molecule has 0 saturated heterocycles. The molecule has 1 heterocycles. The molecule has 0 spiro atoms. The third-order valence-corrected chi connectivity index (χ3v) is 3.18. The summed E-state index contributed by atoms with van der Waals surface area (Å²) in [5.74, 6) is -0.949. The van der Waals surface area contributed by atoms with Gasteiger partial charge in [0, 0.05) is 13.2 Å². The molecule has 1 saturated carbocycles. The van der Waals surface area contributed by atoms with Crippen molar-refractivity contribution < 1.29 is 14.6 Å². The number of hydrogen-bond donors (Lipinski definition) is 5. The van der Waals surface area contributed by atoms with Crippen molar-refractivity contribution in [1.82, 2.24) is 9.97 Å². The standard InChI is InChI=1S/C11H16FN5O2/c12-7-3-15-10(8(17-7)9(13)14)16-5-11(19)1-6(2-11)4-18/h3,6,18-19H,1-2,4-5H2,(H3,13,14)(H,15,16). The van der Waals surface area contributed by atoms with E-state index in [1.165, 1.54) is 0 Å². The molecule has 0 unspecified atom stereocenters. The average Bonchev–Trinajstić information content (AvgIpc) is 2.33. The SMILES string of the molecule is N=C(N)c1nc(F)cnc1NCC1(O)CC(CO)C1. The fourth-order valence-corrected chi connectivity index (χ4v) is 2.22. The van der Waals surface area contributed by atoms with Crippen LogP contribution in [0.3, 0.4) is 0 Å². The Kier molecular flexibility index (Phi) is 3.63. The van der Waals surface area contributed by atoms with Crippen molar-refractivity contribution in [3.05, 3.63) is 17.8 Å². The molecule has 0 aliphatic heterocycles. The van der Waals surface area contributed by atoms with Crippen molar-refractivity contribution in [3.63, 3.8) is 0 Å². The van der Waals surface area contributed by atoms with Gasteiger partial charge < -0.3 is 21.3 Å².